The zero-order valence-electron chi connectivity index (χ0n) is 10.3. The summed E-state index contributed by atoms with van der Waals surface area (Å²) in [5.41, 5.74) is -0.598. The van der Waals surface area contributed by atoms with Gasteiger partial charge in [0.25, 0.3) is 5.56 Å². The van der Waals surface area contributed by atoms with E-state index in [4.69, 9.17) is 20.9 Å². The summed E-state index contributed by atoms with van der Waals surface area (Å²) in [4.78, 5) is 14.1. The Hall–Kier alpha value is -0.775. The van der Waals surface area contributed by atoms with E-state index in [1.807, 2.05) is 27.7 Å². The largest absolute Gasteiger partial charge is 0.512 e. The van der Waals surface area contributed by atoms with Gasteiger partial charge in [0.05, 0.1) is 11.2 Å². The topological polar surface area (TPSA) is 51.3 Å². The average molecular weight is 256 g/mol. The van der Waals surface area contributed by atoms with E-state index in [1.54, 1.807) is 12.1 Å². The van der Waals surface area contributed by atoms with Crippen LogP contribution in [0, 0.1) is 0 Å². The van der Waals surface area contributed by atoms with Crippen molar-refractivity contribution < 1.29 is 9.31 Å². The fourth-order valence-electron chi connectivity index (χ4n) is 1.58. The van der Waals surface area contributed by atoms with Gasteiger partial charge in [-0.25, -0.2) is 0 Å². The molecule has 6 heteroatoms. The van der Waals surface area contributed by atoms with Gasteiger partial charge in [0, 0.05) is 5.59 Å². The van der Waals surface area contributed by atoms with Crippen LogP contribution in [0.15, 0.2) is 16.9 Å². The Balaban J connectivity index is 2.32. The molecule has 0 aromatic carbocycles. The second-order valence-electron chi connectivity index (χ2n) is 5.18. The van der Waals surface area contributed by atoms with Crippen LogP contribution < -0.4 is 11.2 Å². The molecule has 1 aromatic heterocycles. The average Bonchev–Trinajstić information content (AvgIpc) is 2.41. The highest BCUT2D eigenvalue weighted by molar-refractivity contribution is 6.61. The Kier molecular flexibility index (Phi) is 2.88. The summed E-state index contributed by atoms with van der Waals surface area (Å²) in [6.45, 7) is 7.84. The fourth-order valence-corrected chi connectivity index (χ4v) is 1.69. The van der Waals surface area contributed by atoms with E-state index in [-0.39, 0.29) is 10.6 Å². The van der Waals surface area contributed by atoms with Crippen LogP contribution in [0.1, 0.15) is 27.7 Å². The summed E-state index contributed by atoms with van der Waals surface area (Å²) in [5, 5.41) is 0.158. The van der Waals surface area contributed by atoms with Crippen molar-refractivity contribution in [2.45, 2.75) is 38.9 Å². The Morgan fingerprint density at radius 3 is 2.18 bits per heavy atom. The second kappa shape index (κ2) is 3.87. The lowest BCUT2D eigenvalue weighted by atomic mass is 9.84. The highest BCUT2D eigenvalue weighted by atomic mass is 35.5. The van der Waals surface area contributed by atoms with Crippen LogP contribution in [-0.2, 0) is 9.31 Å². The maximum absolute atomic E-state index is 11.4. The highest BCUT2D eigenvalue weighted by Gasteiger charge is 2.52. The summed E-state index contributed by atoms with van der Waals surface area (Å²) >= 11 is 5.67. The third-order valence-electron chi connectivity index (χ3n) is 3.39. The van der Waals surface area contributed by atoms with Gasteiger partial charge in [-0.1, -0.05) is 11.6 Å². The van der Waals surface area contributed by atoms with E-state index in [2.05, 4.69) is 4.98 Å². The van der Waals surface area contributed by atoms with Gasteiger partial charge in [0.15, 0.2) is 0 Å². The predicted molar refractivity (Wildman–Crippen MR) is 67.8 cm³/mol. The summed E-state index contributed by atoms with van der Waals surface area (Å²) in [5.74, 6) is 0. The van der Waals surface area contributed by atoms with Crippen molar-refractivity contribution in [2.24, 2.45) is 0 Å². The maximum atomic E-state index is 11.4. The number of aromatic nitrogens is 1. The van der Waals surface area contributed by atoms with E-state index >= 15 is 0 Å². The molecule has 2 heterocycles. The molecule has 1 saturated heterocycles. The molecule has 17 heavy (non-hydrogen) atoms. The number of nitrogens with one attached hydrogen (secondary N) is 1. The molecular weight excluding hydrogens is 240 g/mol. The van der Waals surface area contributed by atoms with Gasteiger partial charge in [-0.2, -0.15) is 0 Å². The summed E-state index contributed by atoms with van der Waals surface area (Å²) < 4.78 is 11.6. The standard InChI is InChI=1S/C11H15BClNO3/c1-10(2)11(3,4)17-12(16-10)8-6-5-7(13)9(15)14-8/h5-6H,1-4H3,(H,14,15). The molecule has 0 radical (unpaired) electrons. The number of halogens is 1. The SMILES string of the molecule is CC1(C)OB(c2ccc(Cl)c(=O)[nH]2)OC1(C)C. The van der Waals surface area contributed by atoms with Gasteiger partial charge in [-0.3, -0.25) is 4.79 Å². The van der Waals surface area contributed by atoms with Crippen LogP contribution in [0.5, 0.6) is 0 Å². The first-order chi connectivity index (χ1) is 7.73. The molecule has 1 aliphatic heterocycles. The van der Waals surface area contributed by atoms with E-state index in [9.17, 15) is 4.79 Å². The molecule has 0 aliphatic carbocycles. The van der Waals surface area contributed by atoms with Gasteiger partial charge in [0.1, 0.15) is 5.02 Å². The predicted octanol–water partition coefficient (Wildman–Crippen LogP) is 1.33. The molecule has 0 saturated carbocycles. The third kappa shape index (κ3) is 2.15. The minimum atomic E-state index is -0.565. The smallest absolute Gasteiger partial charge is 0.398 e. The maximum Gasteiger partial charge on any atom is 0.512 e. The van der Waals surface area contributed by atoms with Crippen molar-refractivity contribution in [3.8, 4) is 0 Å². The molecule has 0 bridgehead atoms. The first kappa shape index (κ1) is 12.7. The Bertz CT molecular complexity index is 482. The molecule has 0 amide bonds. The first-order valence-corrected chi connectivity index (χ1v) is 5.85. The van der Waals surface area contributed by atoms with E-state index in [0.717, 1.165) is 0 Å². The first-order valence-electron chi connectivity index (χ1n) is 5.47. The molecule has 4 nitrogen and oxygen atoms in total. The fraction of sp³-hybridized carbons (Fsp3) is 0.545. The number of H-pyrrole nitrogens is 1. The highest BCUT2D eigenvalue weighted by Crippen LogP contribution is 2.36. The Morgan fingerprint density at radius 2 is 1.71 bits per heavy atom. The van der Waals surface area contributed by atoms with Crippen molar-refractivity contribution in [1.29, 1.82) is 0 Å². The summed E-state index contributed by atoms with van der Waals surface area (Å²) in [7, 11) is -0.565. The van der Waals surface area contributed by atoms with Crippen LogP contribution in [0.3, 0.4) is 0 Å². The molecule has 1 aliphatic rings. The molecule has 0 spiro atoms. The number of hydrogen-bond acceptors (Lipinski definition) is 3. The van der Waals surface area contributed by atoms with E-state index in [0.29, 0.717) is 5.59 Å². The molecular formula is C11H15BClNO3. The van der Waals surface area contributed by atoms with Crippen molar-refractivity contribution in [3.63, 3.8) is 0 Å². The lowest BCUT2D eigenvalue weighted by Gasteiger charge is -2.32. The lowest BCUT2D eigenvalue weighted by Crippen LogP contribution is -2.41. The quantitative estimate of drug-likeness (QED) is 0.770. The van der Waals surface area contributed by atoms with Gasteiger partial charge in [0.2, 0.25) is 0 Å². The normalized spacial score (nSPS) is 21.8. The molecule has 1 N–H and O–H groups in total. The molecule has 2 rings (SSSR count). The monoisotopic (exact) mass is 255 g/mol. The number of aromatic amines is 1. The number of rotatable bonds is 1. The zero-order valence-corrected chi connectivity index (χ0v) is 11.1. The Morgan fingerprint density at radius 1 is 1.18 bits per heavy atom. The molecule has 0 atom stereocenters. The van der Waals surface area contributed by atoms with Crippen LogP contribution in [0.25, 0.3) is 0 Å². The molecule has 1 fully saturated rings. The summed E-state index contributed by atoms with van der Waals surface area (Å²) in [6, 6.07) is 3.24. The van der Waals surface area contributed by atoms with Crippen molar-refractivity contribution in [2.75, 3.05) is 0 Å². The minimum Gasteiger partial charge on any atom is -0.398 e. The Labute approximate surface area is 105 Å². The number of hydrogen-bond donors (Lipinski definition) is 1. The molecule has 92 valence electrons. The van der Waals surface area contributed by atoms with Crippen molar-refractivity contribution in [1.82, 2.24) is 4.98 Å². The molecule has 1 aromatic rings. The van der Waals surface area contributed by atoms with Gasteiger partial charge >= 0.3 is 7.12 Å². The van der Waals surface area contributed by atoms with Crippen LogP contribution in [0.2, 0.25) is 5.02 Å². The van der Waals surface area contributed by atoms with E-state index in [1.165, 1.54) is 0 Å². The van der Waals surface area contributed by atoms with Gasteiger partial charge in [-0.05, 0) is 39.8 Å². The zero-order chi connectivity index (χ0) is 12.8. The van der Waals surface area contributed by atoms with Gasteiger partial charge < -0.3 is 14.3 Å². The van der Waals surface area contributed by atoms with Crippen LogP contribution in [-0.4, -0.2) is 23.3 Å². The summed E-state index contributed by atoms with van der Waals surface area (Å²) in [6.07, 6.45) is 0. The lowest BCUT2D eigenvalue weighted by molar-refractivity contribution is 0.00578. The molecule has 0 unspecified atom stereocenters. The third-order valence-corrected chi connectivity index (χ3v) is 3.69. The van der Waals surface area contributed by atoms with Crippen molar-refractivity contribution in [3.05, 3.63) is 27.5 Å². The van der Waals surface area contributed by atoms with Crippen LogP contribution in [0.4, 0.5) is 0 Å². The van der Waals surface area contributed by atoms with Crippen molar-refractivity contribution >= 4 is 24.3 Å². The second-order valence-corrected chi connectivity index (χ2v) is 5.59. The minimum absolute atomic E-state index is 0.158. The van der Waals surface area contributed by atoms with Crippen LogP contribution >= 0.6 is 11.6 Å². The number of pyridine rings is 1. The van der Waals surface area contributed by atoms with E-state index < -0.39 is 18.3 Å². The van der Waals surface area contributed by atoms with Gasteiger partial charge in [-0.15, -0.1) is 0 Å².